The first kappa shape index (κ1) is 12.1. The SMILES string of the molecule is NNC(CC1CCOCC1)c1ccc(Br)o1. The molecule has 3 N–H and O–H groups in total. The van der Waals surface area contributed by atoms with Crippen molar-refractivity contribution in [1.29, 1.82) is 0 Å². The monoisotopic (exact) mass is 288 g/mol. The molecular formula is C11H17BrN2O2. The average molecular weight is 289 g/mol. The predicted octanol–water partition coefficient (Wildman–Crippen LogP) is 2.36. The van der Waals surface area contributed by atoms with Crippen LogP contribution in [-0.2, 0) is 4.74 Å². The molecule has 0 amide bonds. The van der Waals surface area contributed by atoms with E-state index in [1.807, 2.05) is 12.1 Å². The predicted molar refractivity (Wildman–Crippen MR) is 64.6 cm³/mol. The van der Waals surface area contributed by atoms with Gasteiger partial charge in [0.15, 0.2) is 4.67 Å². The van der Waals surface area contributed by atoms with Crippen molar-refractivity contribution >= 4 is 15.9 Å². The van der Waals surface area contributed by atoms with Crippen molar-refractivity contribution in [3.8, 4) is 0 Å². The molecule has 1 unspecified atom stereocenters. The summed E-state index contributed by atoms with van der Waals surface area (Å²) in [5, 5.41) is 0. The molecule has 2 rings (SSSR count). The molecule has 0 aliphatic carbocycles. The molecule has 4 nitrogen and oxygen atoms in total. The van der Waals surface area contributed by atoms with Gasteiger partial charge in [0.25, 0.3) is 0 Å². The molecule has 0 radical (unpaired) electrons. The van der Waals surface area contributed by atoms with Crippen LogP contribution in [0, 0.1) is 5.92 Å². The largest absolute Gasteiger partial charge is 0.453 e. The van der Waals surface area contributed by atoms with E-state index in [-0.39, 0.29) is 6.04 Å². The standard InChI is InChI=1S/C11H17BrN2O2/c12-11-2-1-10(16-11)9(14-13)7-8-3-5-15-6-4-8/h1-2,8-9,14H,3-7,13H2. The molecule has 16 heavy (non-hydrogen) atoms. The van der Waals surface area contributed by atoms with Gasteiger partial charge < -0.3 is 9.15 Å². The van der Waals surface area contributed by atoms with Gasteiger partial charge in [-0.3, -0.25) is 5.84 Å². The van der Waals surface area contributed by atoms with Crippen LogP contribution >= 0.6 is 15.9 Å². The number of nitrogens with one attached hydrogen (secondary N) is 1. The Morgan fingerprint density at radius 3 is 2.75 bits per heavy atom. The van der Waals surface area contributed by atoms with E-state index in [4.69, 9.17) is 15.0 Å². The highest BCUT2D eigenvalue weighted by Gasteiger charge is 2.21. The molecule has 0 spiro atoms. The van der Waals surface area contributed by atoms with Crippen LogP contribution in [0.2, 0.25) is 0 Å². The van der Waals surface area contributed by atoms with E-state index < -0.39 is 0 Å². The van der Waals surface area contributed by atoms with E-state index in [2.05, 4.69) is 21.4 Å². The summed E-state index contributed by atoms with van der Waals surface area (Å²) in [5.41, 5.74) is 2.82. The van der Waals surface area contributed by atoms with Crippen molar-refractivity contribution in [3.63, 3.8) is 0 Å². The van der Waals surface area contributed by atoms with Gasteiger partial charge in [0.05, 0.1) is 6.04 Å². The molecule has 1 saturated heterocycles. The Morgan fingerprint density at radius 1 is 1.44 bits per heavy atom. The number of hydrazine groups is 1. The molecule has 1 aliphatic rings. The number of halogens is 1. The van der Waals surface area contributed by atoms with Gasteiger partial charge in [-0.05, 0) is 53.2 Å². The Hall–Kier alpha value is -0.360. The van der Waals surface area contributed by atoms with Gasteiger partial charge >= 0.3 is 0 Å². The highest BCUT2D eigenvalue weighted by atomic mass is 79.9. The minimum absolute atomic E-state index is 0.0920. The van der Waals surface area contributed by atoms with Gasteiger partial charge in [0.2, 0.25) is 0 Å². The van der Waals surface area contributed by atoms with E-state index in [1.54, 1.807) is 0 Å². The Morgan fingerprint density at radius 2 is 2.19 bits per heavy atom. The van der Waals surface area contributed by atoms with E-state index in [0.717, 1.165) is 42.9 Å². The van der Waals surface area contributed by atoms with Crippen LogP contribution in [0.5, 0.6) is 0 Å². The van der Waals surface area contributed by atoms with Gasteiger partial charge in [0.1, 0.15) is 5.76 Å². The summed E-state index contributed by atoms with van der Waals surface area (Å²) in [6.07, 6.45) is 3.22. The second-order valence-corrected chi connectivity index (χ2v) is 4.93. The minimum atomic E-state index is 0.0920. The Kier molecular flexibility index (Phi) is 4.40. The zero-order chi connectivity index (χ0) is 11.4. The highest BCUT2D eigenvalue weighted by molar-refractivity contribution is 9.10. The molecule has 0 saturated carbocycles. The van der Waals surface area contributed by atoms with Crippen molar-refractivity contribution in [1.82, 2.24) is 5.43 Å². The highest BCUT2D eigenvalue weighted by Crippen LogP contribution is 2.29. The van der Waals surface area contributed by atoms with Crippen LogP contribution in [0.1, 0.15) is 31.1 Å². The van der Waals surface area contributed by atoms with Crippen molar-refractivity contribution in [2.75, 3.05) is 13.2 Å². The molecule has 90 valence electrons. The molecule has 5 heteroatoms. The summed E-state index contributed by atoms with van der Waals surface area (Å²) in [6, 6.07) is 3.94. The van der Waals surface area contributed by atoms with Crippen LogP contribution in [0.3, 0.4) is 0 Å². The van der Waals surface area contributed by atoms with E-state index >= 15 is 0 Å². The number of hydrogen-bond donors (Lipinski definition) is 2. The molecule has 0 aromatic carbocycles. The molecule has 1 atom stereocenters. The number of furan rings is 1. The Labute approximate surface area is 104 Å². The van der Waals surface area contributed by atoms with Crippen molar-refractivity contribution in [2.45, 2.75) is 25.3 Å². The molecular weight excluding hydrogens is 272 g/mol. The zero-order valence-electron chi connectivity index (χ0n) is 9.12. The third kappa shape index (κ3) is 3.07. The lowest BCUT2D eigenvalue weighted by Crippen LogP contribution is -2.30. The van der Waals surface area contributed by atoms with Gasteiger partial charge in [-0.25, -0.2) is 5.43 Å². The third-order valence-corrected chi connectivity index (χ3v) is 3.47. The number of nitrogens with two attached hydrogens (primary N) is 1. The summed E-state index contributed by atoms with van der Waals surface area (Å²) >= 11 is 3.30. The van der Waals surface area contributed by atoms with Crippen molar-refractivity contribution in [2.24, 2.45) is 11.8 Å². The lowest BCUT2D eigenvalue weighted by molar-refractivity contribution is 0.0596. The molecule has 1 aromatic rings. The first-order valence-corrected chi connectivity index (χ1v) is 6.38. The maximum absolute atomic E-state index is 5.57. The first-order chi connectivity index (χ1) is 7.79. The minimum Gasteiger partial charge on any atom is -0.453 e. The van der Waals surface area contributed by atoms with Gasteiger partial charge in [-0.15, -0.1) is 0 Å². The maximum atomic E-state index is 5.57. The summed E-state index contributed by atoms with van der Waals surface area (Å²) in [6.45, 7) is 1.73. The second-order valence-electron chi connectivity index (χ2n) is 4.15. The van der Waals surface area contributed by atoms with Gasteiger partial charge in [-0.1, -0.05) is 0 Å². The molecule has 1 fully saturated rings. The van der Waals surface area contributed by atoms with Gasteiger partial charge in [0, 0.05) is 13.2 Å². The number of ether oxygens (including phenoxy) is 1. The lowest BCUT2D eigenvalue weighted by atomic mass is 9.92. The lowest BCUT2D eigenvalue weighted by Gasteiger charge is -2.25. The zero-order valence-corrected chi connectivity index (χ0v) is 10.7. The fourth-order valence-electron chi connectivity index (χ4n) is 2.10. The number of hydrogen-bond acceptors (Lipinski definition) is 4. The molecule has 1 aromatic heterocycles. The smallest absolute Gasteiger partial charge is 0.169 e. The topological polar surface area (TPSA) is 60.4 Å². The Bertz CT molecular complexity index is 324. The average Bonchev–Trinajstić information content (AvgIpc) is 2.74. The van der Waals surface area contributed by atoms with Crippen LogP contribution in [0.4, 0.5) is 0 Å². The van der Waals surface area contributed by atoms with E-state index in [9.17, 15) is 0 Å². The van der Waals surface area contributed by atoms with Crippen LogP contribution in [0.25, 0.3) is 0 Å². The fraction of sp³-hybridized carbons (Fsp3) is 0.636. The summed E-state index contributed by atoms with van der Waals surface area (Å²) in [5.74, 6) is 7.13. The molecule has 0 bridgehead atoms. The first-order valence-electron chi connectivity index (χ1n) is 5.58. The van der Waals surface area contributed by atoms with Gasteiger partial charge in [-0.2, -0.15) is 0 Å². The van der Waals surface area contributed by atoms with Crippen molar-refractivity contribution in [3.05, 3.63) is 22.6 Å². The number of rotatable bonds is 4. The van der Waals surface area contributed by atoms with Crippen LogP contribution < -0.4 is 11.3 Å². The van der Waals surface area contributed by atoms with E-state index in [0.29, 0.717) is 5.92 Å². The van der Waals surface area contributed by atoms with Crippen LogP contribution in [0.15, 0.2) is 21.2 Å². The normalized spacial score (nSPS) is 19.9. The maximum Gasteiger partial charge on any atom is 0.169 e. The summed E-state index contributed by atoms with van der Waals surface area (Å²) < 4.78 is 11.6. The summed E-state index contributed by atoms with van der Waals surface area (Å²) in [4.78, 5) is 0. The Balaban J connectivity index is 1.94. The fourth-order valence-corrected chi connectivity index (χ4v) is 2.42. The van der Waals surface area contributed by atoms with E-state index in [1.165, 1.54) is 0 Å². The summed E-state index contributed by atoms with van der Waals surface area (Å²) in [7, 11) is 0. The molecule has 1 aliphatic heterocycles. The van der Waals surface area contributed by atoms with Crippen molar-refractivity contribution < 1.29 is 9.15 Å². The van der Waals surface area contributed by atoms with Crippen LogP contribution in [-0.4, -0.2) is 13.2 Å². The third-order valence-electron chi connectivity index (χ3n) is 3.05. The second kappa shape index (κ2) is 5.82. The molecule has 2 heterocycles. The quantitative estimate of drug-likeness (QED) is 0.660.